The molecular formula is C17H24F2OSi. The summed E-state index contributed by atoms with van der Waals surface area (Å²) in [6.07, 6.45) is 3.09. The van der Waals surface area contributed by atoms with Gasteiger partial charge in [-0.1, -0.05) is 57.2 Å². The van der Waals surface area contributed by atoms with Gasteiger partial charge in [0.05, 0.1) is 6.42 Å². The number of rotatable bonds is 4. The monoisotopic (exact) mass is 310 g/mol. The third-order valence-electron chi connectivity index (χ3n) is 4.57. The number of hydrogen-bond acceptors (Lipinski definition) is 1. The highest BCUT2D eigenvalue weighted by Gasteiger charge is 2.73. The van der Waals surface area contributed by atoms with Crippen LogP contribution in [0, 0.1) is 0 Å². The Balaban J connectivity index is 2.22. The van der Waals surface area contributed by atoms with E-state index < -0.39 is 19.8 Å². The van der Waals surface area contributed by atoms with Crippen LogP contribution in [0.15, 0.2) is 36.4 Å². The van der Waals surface area contributed by atoms with Gasteiger partial charge in [-0.25, -0.2) is 8.78 Å². The molecule has 0 unspecified atom stereocenters. The van der Waals surface area contributed by atoms with Crippen molar-refractivity contribution in [3.05, 3.63) is 42.0 Å². The molecule has 1 aromatic rings. The molecule has 1 aliphatic rings. The molecule has 0 aliphatic heterocycles. The Kier molecular flexibility index (Phi) is 3.92. The summed E-state index contributed by atoms with van der Waals surface area (Å²) >= 11 is 0. The Bertz CT molecular complexity index is 531. The van der Waals surface area contributed by atoms with E-state index in [2.05, 4.69) is 20.8 Å². The predicted octanol–water partition coefficient (Wildman–Crippen LogP) is 5.50. The maximum atomic E-state index is 13.9. The van der Waals surface area contributed by atoms with E-state index >= 15 is 0 Å². The van der Waals surface area contributed by atoms with Crippen molar-refractivity contribution in [1.82, 2.24) is 0 Å². The smallest absolute Gasteiger partial charge is 0.282 e. The fraction of sp³-hybridized carbons (Fsp3) is 0.529. The average molecular weight is 310 g/mol. The molecule has 4 heteroatoms. The normalized spacial score (nSPS) is 25.3. The van der Waals surface area contributed by atoms with Crippen LogP contribution in [0.1, 0.15) is 32.8 Å². The summed E-state index contributed by atoms with van der Waals surface area (Å²) in [6, 6.07) is 9.50. The molecule has 2 rings (SSSR count). The number of hydrogen-bond donors (Lipinski definition) is 0. The lowest BCUT2D eigenvalue weighted by atomic mass is 10.2. The van der Waals surface area contributed by atoms with Gasteiger partial charge in [0.1, 0.15) is 5.60 Å². The van der Waals surface area contributed by atoms with Gasteiger partial charge < -0.3 is 4.43 Å². The molecule has 1 aliphatic carbocycles. The first kappa shape index (κ1) is 16.4. The second-order valence-corrected chi connectivity index (χ2v) is 12.1. The van der Waals surface area contributed by atoms with E-state index in [1.807, 2.05) is 43.4 Å². The zero-order valence-corrected chi connectivity index (χ0v) is 14.4. The van der Waals surface area contributed by atoms with Crippen molar-refractivity contribution in [1.29, 1.82) is 0 Å². The second-order valence-electron chi connectivity index (χ2n) is 7.38. The van der Waals surface area contributed by atoms with Crippen molar-refractivity contribution in [3.8, 4) is 0 Å². The van der Waals surface area contributed by atoms with Crippen LogP contribution in [0.4, 0.5) is 8.78 Å². The van der Waals surface area contributed by atoms with Gasteiger partial charge in [0.25, 0.3) is 5.92 Å². The van der Waals surface area contributed by atoms with Gasteiger partial charge in [-0.05, 0) is 29.8 Å². The molecule has 0 aromatic heterocycles. The molecule has 0 saturated heterocycles. The van der Waals surface area contributed by atoms with E-state index in [9.17, 15) is 8.78 Å². The Hall–Kier alpha value is -1.00. The van der Waals surface area contributed by atoms with E-state index in [-0.39, 0.29) is 11.5 Å². The molecule has 0 bridgehead atoms. The number of halogens is 2. The van der Waals surface area contributed by atoms with Crippen LogP contribution in [0.3, 0.4) is 0 Å². The molecule has 1 aromatic carbocycles. The highest BCUT2D eigenvalue weighted by molar-refractivity contribution is 6.74. The average Bonchev–Trinajstić information content (AvgIpc) is 2.87. The molecule has 0 radical (unpaired) electrons. The zero-order valence-electron chi connectivity index (χ0n) is 13.4. The largest absolute Gasteiger partial charge is 0.402 e. The minimum absolute atomic E-state index is 0.0841. The van der Waals surface area contributed by atoms with Crippen LogP contribution in [0.5, 0.6) is 0 Å². The first-order chi connectivity index (χ1) is 9.49. The zero-order chi connectivity index (χ0) is 15.9. The Morgan fingerprint density at radius 2 is 1.67 bits per heavy atom. The summed E-state index contributed by atoms with van der Waals surface area (Å²) in [7, 11) is -2.24. The summed E-state index contributed by atoms with van der Waals surface area (Å²) in [6.45, 7) is 10.2. The molecule has 1 atom stereocenters. The summed E-state index contributed by atoms with van der Waals surface area (Å²) in [4.78, 5) is 0. The molecule has 0 amide bonds. The van der Waals surface area contributed by atoms with Crippen molar-refractivity contribution in [2.24, 2.45) is 0 Å². The Morgan fingerprint density at radius 3 is 2.10 bits per heavy atom. The SMILES string of the molecule is CC(C)(C)[Si](C)(C)O[C@]1(/C=C/c2ccccc2)CC1(F)F. The number of alkyl halides is 2. The highest BCUT2D eigenvalue weighted by atomic mass is 28.4. The molecule has 1 fully saturated rings. The van der Waals surface area contributed by atoms with Crippen LogP contribution in [-0.4, -0.2) is 19.8 Å². The molecule has 0 heterocycles. The Labute approximate surface area is 127 Å². The van der Waals surface area contributed by atoms with Gasteiger partial charge in [-0.3, -0.25) is 0 Å². The molecule has 1 nitrogen and oxygen atoms in total. The van der Waals surface area contributed by atoms with Gasteiger partial charge in [-0.15, -0.1) is 0 Å². The van der Waals surface area contributed by atoms with Gasteiger partial charge in [0.15, 0.2) is 8.32 Å². The van der Waals surface area contributed by atoms with Gasteiger partial charge in [0.2, 0.25) is 0 Å². The van der Waals surface area contributed by atoms with Crippen LogP contribution in [0.25, 0.3) is 6.08 Å². The van der Waals surface area contributed by atoms with Crippen molar-refractivity contribution in [3.63, 3.8) is 0 Å². The predicted molar refractivity (Wildman–Crippen MR) is 86.1 cm³/mol. The highest BCUT2D eigenvalue weighted by Crippen LogP contribution is 2.59. The van der Waals surface area contributed by atoms with E-state index in [1.165, 1.54) is 0 Å². The lowest BCUT2D eigenvalue weighted by Gasteiger charge is -2.38. The molecule has 116 valence electrons. The van der Waals surface area contributed by atoms with E-state index in [1.54, 1.807) is 12.2 Å². The second kappa shape index (κ2) is 5.02. The van der Waals surface area contributed by atoms with Crippen molar-refractivity contribution < 1.29 is 13.2 Å². The molecule has 21 heavy (non-hydrogen) atoms. The Morgan fingerprint density at radius 1 is 1.14 bits per heavy atom. The maximum Gasteiger partial charge on any atom is 0.282 e. The molecule has 0 spiro atoms. The lowest BCUT2D eigenvalue weighted by Crippen LogP contribution is -2.45. The third-order valence-corrected chi connectivity index (χ3v) is 9.05. The molecular weight excluding hydrogens is 286 g/mol. The fourth-order valence-corrected chi connectivity index (χ4v) is 3.52. The first-order valence-corrected chi connectivity index (χ1v) is 10.2. The third kappa shape index (κ3) is 3.27. The quantitative estimate of drug-likeness (QED) is 0.667. The minimum Gasteiger partial charge on any atom is -0.402 e. The molecule has 0 N–H and O–H groups in total. The standard InChI is InChI=1S/C17H24F2OSi/c1-15(2,3)21(4,5)20-16(13-17(16,18)19)12-11-14-9-7-6-8-10-14/h6-12H,13H2,1-5H3/b12-11+/t16-/m1/s1. The van der Waals surface area contributed by atoms with Crippen molar-refractivity contribution >= 4 is 14.4 Å². The summed E-state index contributed by atoms with van der Waals surface area (Å²) < 4.78 is 33.9. The lowest BCUT2D eigenvalue weighted by molar-refractivity contribution is 0.0279. The van der Waals surface area contributed by atoms with E-state index in [4.69, 9.17) is 4.43 Å². The molecule has 1 saturated carbocycles. The van der Waals surface area contributed by atoms with E-state index in [0.717, 1.165) is 5.56 Å². The van der Waals surface area contributed by atoms with Crippen LogP contribution >= 0.6 is 0 Å². The topological polar surface area (TPSA) is 9.23 Å². The summed E-state index contributed by atoms with van der Waals surface area (Å²) in [5.74, 6) is -2.76. The van der Waals surface area contributed by atoms with Crippen molar-refractivity contribution in [2.45, 2.75) is 56.8 Å². The van der Waals surface area contributed by atoms with Crippen LogP contribution < -0.4 is 0 Å². The first-order valence-electron chi connectivity index (χ1n) is 7.31. The summed E-state index contributed by atoms with van der Waals surface area (Å²) in [5, 5.41) is -0.0841. The number of benzene rings is 1. The van der Waals surface area contributed by atoms with E-state index in [0.29, 0.717) is 0 Å². The van der Waals surface area contributed by atoms with Gasteiger partial charge in [-0.2, -0.15) is 0 Å². The van der Waals surface area contributed by atoms with Gasteiger partial charge >= 0.3 is 0 Å². The van der Waals surface area contributed by atoms with Crippen molar-refractivity contribution in [2.75, 3.05) is 0 Å². The summed E-state index contributed by atoms with van der Waals surface area (Å²) in [5.41, 5.74) is -0.496. The van der Waals surface area contributed by atoms with Crippen LogP contribution in [-0.2, 0) is 4.43 Å². The van der Waals surface area contributed by atoms with Crippen LogP contribution in [0.2, 0.25) is 18.1 Å². The maximum absolute atomic E-state index is 13.9. The fourth-order valence-electron chi connectivity index (χ4n) is 2.01. The minimum atomic E-state index is -2.76. The van der Waals surface area contributed by atoms with Gasteiger partial charge in [0, 0.05) is 0 Å².